The highest BCUT2D eigenvalue weighted by Gasteiger charge is 2.33. The van der Waals surface area contributed by atoms with E-state index < -0.39 is 29.4 Å². The van der Waals surface area contributed by atoms with Gasteiger partial charge in [-0.05, 0) is 94.6 Å². The minimum absolute atomic E-state index is 0.0971. The van der Waals surface area contributed by atoms with Gasteiger partial charge in [0.15, 0.2) is 5.60 Å². The van der Waals surface area contributed by atoms with Crippen LogP contribution >= 0.6 is 31.9 Å². The Morgan fingerprint density at radius 2 is 1.66 bits per heavy atom. The number of ether oxygens (including phenoxy) is 3. The Morgan fingerprint density at radius 1 is 1.06 bits per heavy atom. The fourth-order valence-electron chi connectivity index (χ4n) is 3.01. The van der Waals surface area contributed by atoms with Gasteiger partial charge in [-0.3, -0.25) is 0 Å². The quantitative estimate of drug-likeness (QED) is 0.320. The van der Waals surface area contributed by atoms with E-state index in [1.165, 1.54) is 27.7 Å². The maximum Gasteiger partial charge on any atom is 0.573 e. The van der Waals surface area contributed by atoms with Gasteiger partial charge in [-0.2, -0.15) is 5.10 Å². The molecule has 0 aliphatic carbocycles. The van der Waals surface area contributed by atoms with Crippen LogP contribution in [-0.2, 0) is 16.1 Å². The second-order valence-corrected chi connectivity index (χ2v) is 9.41. The Kier molecular flexibility index (Phi) is 8.00. The minimum atomic E-state index is -4.80. The average molecular weight is 623 g/mol. The number of nitrogens with zero attached hydrogens (tertiary/aromatic N) is 3. The van der Waals surface area contributed by atoms with Gasteiger partial charge in [-0.1, -0.05) is 0 Å². The van der Waals surface area contributed by atoms with Crippen LogP contribution in [0.1, 0.15) is 26.3 Å². The summed E-state index contributed by atoms with van der Waals surface area (Å²) in [5.41, 5.74) is -0.723. The number of hydrogen-bond donors (Lipinski definition) is 0. The lowest BCUT2D eigenvalue weighted by atomic mass is 10.1. The lowest BCUT2D eigenvalue weighted by Crippen LogP contribution is -2.40. The Morgan fingerprint density at radius 3 is 2.20 bits per heavy atom. The highest BCUT2D eigenvalue weighted by Crippen LogP contribution is 2.37. The van der Waals surface area contributed by atoms with Crippen LogP contribution in [-0.4, -0.2) is 38.9 Å². The fraction of sp³-hybridized carbons (Fsp3) is 0.318. The number of benzene rings is 2. The van der Waals surface area contributed by atoms with E-state index in [1.54, 1.807) is 32.9 Å². The Labute approximate surface area is 214 Å². The van der Waals surface area contributed by atoms with Crippen molar-refractivity contribution in [2.45, 2.75) is 39.3 Å². The minimum Gasteiger partial charge on any atom is -0.474 e. The summed E-state index contributed by atoms with van der Waals surface area (Å²) in [7, 11) is 0. The maximum atomic E-state index is 12.8. The zero-order chi connectivity index (χ0) is 26.0. The molecule has 0 spiro atoms. The van der Waals surface area contributed by atoms with Gasteiger partial charge < -0.3 is 14.2 Å². The summed E-state index contributed by atoms with van der Waals surface area (Å²) in [6.07, 6.45) is -3.54. The van der Waals surface area contributed by atoms with Gasteiger partial charge in [0.1, 0.15) is 17.8 Å². The third-order valence-electron chi connectivity index (χ3n) is 4.60. The second-order valence-electron chi connectivity index (χ2n) is 7.70. The second kappa shape index (κ2) is 10.4. The number of rotatable bonds is 8. The summed E-state index contributed by atoms with van der Waals surface area (Å²) < 4.78 is 55.2. The average Bonchev–Trinajstić information content (AvgIpc) is 3.10. The molecule has 0 fully saturated rings. The van der Waals surface area contributed by atoms with Gasteiger partial charge in [-0.25, -0.2) is 18.8 Å². The van der Waals surface area contributed by atoms with Crippen molar-refractivity contribution in [2.24, 2.45) is 0 Å². The molecule has 0 saturated carbocycles. The van der Waals surface area contributed by atoms with Crippen molar-refractivity contribution < 1.29 is 32.2 Å². The van der Waals surface area contributed by atoms with Gasteiger partial charge in [0, 0.05) is 0 Å². The van der Waals surface area contributed by atoms with Gasteiger partial charge >= 0.3 is 18.0 Å². The number of halogens is 5. The molecule has 0 atom stereocenters. The molecule has 0 bridgehead atoms. The van der Waals surface area contributed by atoms with Crippen molar-refractivity contribution in [3.8, 4) is 17.2 Å². The molecular formula is C22H20Br2F3N3O5. The molecule has 0 N–H and O–H groups in total. The predicted octanol–water partition coefficient (Wildman–Crippen LogP) is 5.23. The smallest absolute Gasteiger partial charge is 0.474 e. The molecule has 1 aromatic heterocycles. The number of esters is 1. The van der Waals surface area contributed by atoms with Gasteiger partial charge in [-0.15, -0.1) is 13.2 Å². The maximum absolute atomic E-state index is 12.8. The first-order valence-electron chi connectivity index (χ1n) is 10.2. The first-order valence-corrected chi connectivity index (χ1v) is 11.7. The molecule has 1 heterocycles. The van der Waals surface area contributed by atoms with Gasteiger partial charge in [0.2, 0.25) is 0 Å². The number of alkyl halides is 3. The normalized spacial score (nSPS) is 11.9. The van der Waals surface area contributed by atoms with E-state index in [9.17, 15) is 22.8 Å². The molecule has 0 saturated heterocycles. The van der Waals surface area contributed by atoms with E-state index in [2.05, 4.69) is 41.7 Å². The standard InChI is InChI=1S/C22H20Br2F3N3O5/c1-4-33-19(31)21(2,3)35-18-16(23)9-13(10-17(18)24)11-30-20(32)29(12-28-30)14-5-7-15(8-6-14)34-22(25,26)27/h5-10,12H,4,11H2,1-3H3. The molecule has 2 aromatic carbocycles. The van der Waals surface area contributed by atoms with Crippen molar-refractivity contribution >= 4 is 37.8 Å². The molecule has 188 valence electrons. The van der Waals surface area contributed by atoms with E-state index in [-0.39, 0.29) is 13.2 Å². The number of aromatic nitrogens is 3. The number of hydrogen-bond acceptors (Lipinski definition) is 6. The van der Waals surface area contributed by atoms with Crippen LogP contribution in [0.25, 0.3) is 5.69 Å². The fourth-order valence-corrected chi connectivity index (χ4v) is 4.45. The summed E-state index contributed by atoms with van der Waals surface area (Å²) in [5.74, 6) is -0.534. The summed E-state index contributed by atoms with van der Waals surface area (Å²) in [5, 5.41) is 4.09. The molecule has 0 radical (unpaired) electrons. The Hall–Kier alpha value is -2.80. The van der Waals surface area contributed by atoms with Crippen molar-refractivity contribution in [3.63, 3.8) is 0 Å². The summed E-state index contributed by atoms with van der Waals surface area (Å²) in [6, 6.07) is 8.29. The highest BCUT2D eigenvalue weighted by atomic mass is 79.9. The van der Waals surface area contributed by atoms with Crippen LogP contribution in [0.4, 0.5) is 13.2 Å². The lowest BCUT2D eigenvalue weighted by molar-refractivity contribution is -0.274. The Balaban J connectivity index is 1.79. The van der Waals surface area contributed by atoms with Crippen LogP contribution < -0.4 is 15.2 Å². The van der Waals surface area contributed by atoms with Crippen molar-refractivity contribution in [2.75, 3.05) is 6.61 Å². The van der Waals surface area contributed by atoms with Crippen LogP contribution in [0.15, 0.2) is 56.5 Å². The SMILES string of the molecule is CCOC(=O)C(C)(C)Oc1c(Br)cc(Cn2ncn(-c3ccc(OC(F)(F)F)cc3)c2=O)cc1Br. The van der Waals surface area contributed by atoms with E-state index in [1.807, 2.05) is 0 Å². The zero-order valence-electron chi connectivity index (χ0n) is 18.7. The largest absolute Gasteiger partial charge is 0.573 e. The molecule has 0 amide bonds. The molecule has 0 aliphatic heterocycles. The molecule has 13 heteroatoms. The van der Waals surface area contributed by atoms with Crippen LogP contribution in [0.3, 0.4) is 0 Å². The summed E-state index contributed by atoms with van der Waals surface area (Å²) >= 11 is 6.86. The van der Waals surface area contributed by atoms with Crippen molar-refractivity contribution in [3.05, 3.63) is 67.7 Å². The monoisotopic (exact) mass is 621 g/mol. The van der Waals surface area contributed by atoms with Crippen LogP contribution in [0.2, 0.25) is 0 Å². The zero-order valence-corrected chi connectivity index (χ0v) is 21.9. The molecule has 3 rings (SSSR count). The molecule has 3 aromatic rings. The number of carbonyl (C=O) groups is 1. The van der Waals surface area contributed by atoms with Crippen LogP contribution in [0, 0.1) is 0 Å². The van der Waals surface area contributed by atoms with Gasteiger partial charge in [0.25, 0.3) is 0 Å². The molecule has 8 nitrogen and oxygen atoms in total. The number of carbonyl (C=O) groups excluding carboxylic acids is 1. The third kappa shape index (κ3) is 6.66. The van der Waals surface area contributed by atoms with E-state index >= 15 is 0 Å². The first kappa shape index (κ1) is 26.8. The molecular weight excluding hydrogens is 603 g/mol. The molecule has 0 unspecified atom stereocenters. The predicted molar refractivity (Wildman–Crippen MR) is 127 cm³/mol. The third-order valence-corrected chi connectivity index (χ3v) is 5.77. The summed E-state index contributed by atoms with van der Waals surface area (Å²) in [6.45, 7) is 5.20. The topological polar surface area (TPSA) is 84.6 Å². The van der Waals surface area contributed by atoms with E-state index in [0.29, 0.717) is 25.9 Å². The lowest BCUT2D eigenvalue weighted by Gasteiger charge is -2.25. The van der Waals surface area contributed by atoms with E-state index in [4.69, 9.17) is 9.47 Å². The van der Waals surface area contributed by atoms with E-state index in [0.717, 1.165) is 12.1 Å². The first-order chi connectivity index (χ1) is 16.3. The molecule has 35 heavy (non-hydrogen) atoms. The van der Waals surface area contributed by atoms with Crippen molar-refractivity contribution in [1.82, 2.24) is 14.3 Å². The Bertz CT molecular complexity index is 1250. The summed E-state index contributed by atoms with van der Waals surface area (Å²) in [4.78, 5) is 25.0. The van der Waals surface area contributed by atoms with Crippen molar-refractivity contribution in [1.29, 1.82) is 0 Å². The van der Waals surface area contributed by atoms with Gasteiger partial charge in [0.05, 0.1) is 27.8 Å². The van der Waals surface area contributed by atoms with Crippen LogP contribution in [0.5, 0.6) is 11.5 Å². The highest BCUT2D eigenvalue weighted by molar-refractivity contribution is 9.11. The molecule has 0 aliphatic rings.